The summed E-state index contributed by atoms with van der Waals surface area (Å²) in [7, 11) is 3.09. The molecule has 3 aromatic carbocycles. The van der Waals surface area contributed by atoms with Gasteiger partial charge >= 0.3 is 5.97 Å². The molecule has 1 amide bonds. The fourth-order valence-electron chi connectivity index (χ4n) is 5.91. The molecule has 204 valence electrons. The number of ether oxygens (including phenoxy) is 2. The standard InChI is InChI=1S/C33H38N2O4/c1-32(2,3)26-12-10-24(11-13-26)30(36)35-22-33(28-20-27(38-4)14-15-29(28)35)16-18-34(19-17-33)21-23-6-8-25(9-7-23)31(37)39-5/h6-15,20H,16-19,21-22H2,1-5H3. The highest BCUT2D eigenvalue weighted by atomic mass is 16.5. The summed E-state index contributed by atoms with van der Waals surface area (Å²) in [5.74, 6) is 0.554. The molecule has 2 aliphatic rings. The molecule has 0 saturated carbocycles. The molecule has 0 atom stereocenters. The van der Waals surface area contributed by atoms with E-state index in [1.54, 1.807) is 7.11 Å². The maximum atomic E-state index is 13.8. The Bertz CT molecular complexity index is 1350. The predicted molar refractivity (Wildman–Crippen MR) is 154 cm³/mol. The number of piperidine rings is 1. The van der Waals surface area contributed by atoms with Crippen molar-refractivity contribution in [3.63, 3.8) is 0 Å². The molecule has 6 nitrogen and oxygen atoms in total. The van der Waals surface area contributed by atoms with Gasteiger partial charge in [-0.15, -0.1) is 0 Å². The zero-order valence-corrected chi connectivity index (χ0v) is 23.6. The Morgan fingerprint density at radius 2 is 1.51 bits per heavy atom. The lowest BCUT2D eigenvalue weighted by atomic mass is 9.74. The van der Waals surface area contributed by atoms with E-state index in [9.17, 15) is 9.59 Å². The second kappa shape index (κ2) is 10.5. The molecule has 3 aromatic rings. The number of carbonyl (C=O) groups is 2. The lowest BCUT2D eigenvalue weighted by molar-refractivity contribution is 0.0600. The van der Waals surface area contributed by atoms with Gasteiger partial charge in [0, 0.05) is 29.8 Å². The molecule has 0 radical (unpaired) electrons. The van der Waals surface area contributed by atoms with E-state index in [1.165, 1.54) is 23.8 Å². The van der Waals surface area contributed by atoms with Crippen molar-refractivity contribution < 1.29 is 19.1 Å². The highest BCUT2D eigenvalue weighted by molar-refractivity contribution is 6.08. The van der Waals surface area contributed by atoms with Gasteiger partial charge in [-0.25, -0.2) is 4.79 Å². The minimum Gasteiger partial charge on any atom is -0.497 e. The van der Waals surface area contributed by atoms with Gasteiger partial charge in [0.2, 0.25) is 0 Å². The van der Waals surface area contributed by atoms with Gasteiger partial charge in [0.05, 0.1) is 19.8 Å². The number of amides is 1. The molecule has 2 aliphatic heterocycles. The molecule has 1 saturated heterocycles. The van der Waals surface area contributed by atoms with Crippen LogP contribution in [0.15, 0.2) is 66.7 Å². The maximum Gasteiger partial charge on any atom is 0.337 e. The van der Waals surface area contributed by atoms with Crippen LogP contribution in [0.4, 0.5) is 5.69 Å². The van der Waals surface area contributed by atoms with Crippen LogP contribution in [0.5, 0.6) is 5.75 Å². The number of fused-ring (bicyclic) bond motifs is 2. The van der Waals surface area contributed by atoms with E-state index >= 15 is 0 Å². The van der Waals surface area contributed by atoms with Crippen molar-refractivity contribution in [3.8, 4) is 5.75 Å². The zero-order valence-electron chi connectivity index (χ0n) is 23.6. The molecule has 0 aliphatic carbocycles. The van der Waals surface area contributed by atoms with E-state index in [-0.39, 0.29) is 22.7 Å². The van der Waals surface area contributed by atoms with Crippen molar-refractivity contribution in [2.75, 3.05) is 38.8 Å². The van der Waals surface area contributed by atoms with Crippen molar-refractivity contribution in [2.24, 2.45) is 0 Å². The quantitative estimate of drug-likeness (QED) is 0.383. The summed E-state index contributed by atoms with van der Waals surface area (Å²) >= 11 is 0. The van der Waals surface area contributed by atoms with Gasteiger partial charge in [0.15, 0.2) is 0 Å². The van der Waals surface area contributed by atoms with Crippen LogP contribution in [0.1, 0.15) is 71.0 Å². The summed E-state index contributed by atoms with van der Waals surface area (Å²) < 4.78 is 10.4. The lowest BCUT2D eigenvalue weighted by Crippen LogP contribution is -2.45. The normalized spacial score (nSPS) is 16.7. The number of anilines is 1. The van der Waals surface area contributed by atoms with Crippen molar-refractivity contribution in [3.05, 3.63) is 94.5 Å². The minimum absolute atomic E-state index is 0.0415. The van der Waals surface area contributed by atoms with E-state index in [1.807, 2.05) is 53.4 Å². The molecular formula is C33H38N2O4. The lowest BCUT2D eigenvalue weighted by Gasteiger charge is -2.40. The van der Waals surface area contributed by atoms with E-state index < -0.39 is 0 Å². The van der Waals surface area contributed by atoms with Gasteiger partial charge in [0.25, 0.3) is 5.91 Å². The van der Waals surface area contributed by atoms with Crippen LogP contribution in [0.2, 0.25) is 0 Å². The van der Waals surface area contributed by atoms with Gasteiger partial charge in [-0.05, 0) is 90.5 Å². The Morgan fingerprint density at radius 1 is 0.872 bits per heavy atom. The fourth-order valence-corrected chi connectivity index (χ4v) is 5.91. The Balaban J connectivity index is 1.34. The number of likely N-dealkylation sites (tertiary alicyclic amines) is 1. The van der Waals surface area contributed by atoms with Crippen molar-refractivity contribution >= 4 is 17.6 Å². The first-order valence-corrected chi connectivity index (χ1v) is 13.6. The average Bonchev–Trinajstić information content (AvgIpc) is 3.26. The summed E-state index contributed by atoms with van der Waals surface area (Å²) in [6.45, 7) is 9.90. The summed E-state index contributed by atoms with van der Waals surface area (Å²) in [5, 5.41) is 0. The number of benzene rings is 3. The summed E-state index contributed by atoms with van der Waals surface area (Å²) in [6.07, 6.45) is 1.92. The van der Waals surface area contributed by atoms with Gasteiger partial charge in [-0.1, -0.05) is 45.0 Å². The number of nitrogens with zero attached hydrogens (tertiary/aromatic N) is 2. The molecule has 1 fully saturated rings. The average molecular weight is 527 g/mol. The molecule has 0 unspecified atom stereocenters. The first kappa shape index (κ1) is 26.9. The van der Waals surface area contributed by atoms with Crippen LogP contribution in [-0.4, -0.2) is 50.6 Å². The predicted octanol–water partition coefficient (Wildman–Crippen LogP) is 5.97. The maximum absolute atomic E-state index is 13.8. The summed E-state index contributed by atoms with van der Waals surface area (Å²) in [5.41, 5.74) is 5.81. The molecule has 6 heteroatoms. The summed E-state index contributed by atoms with van der Waals surface area (Å²) in [4.78, 5) is 30.0. The largest absolute Gasteiger partial charge is 0.497 e. The van der Waals surface area contributed by atoms with Crippen LogP contribution in [0.25, 0.3) is 0 Å². The number of rotatable bonds is 5. The Morgan fingerprint density at radius 3 is 2.10 bits per heavy atom. The molecule has 0 bridgehead atoms. The Hall–Kier alpha value is -3.64. The van der Waals surface area contributed by atoms with Crippen LogP contribution in [-0.2, 0) is 22.1 Å². The third-order valence-corrected chi connectivity index (χ3v) is 8.36. The van der Waals surface area contributed by atoms with Crippen LogP contribution >= 0.6 is 0 Å². The monoisotopic (exact) mass is 526 g/mol. The Kier molecular flexibility index (Phi) is 7.25. The molecule has 0 aromatic heterocycles. The van der Waals surface area contributed by atoms with Crippen molar-refractivity contribution in [2.45, 2.75) is 51.0 Å². The Labute approximate surface area is 231 Å². The van der Waals surface area contributed by atoms with Crippen LogP contribution < -0.4 is 9.64 Å². The molecule has 1 spiro atoms. The summed E-state index contributed by atoms with van der Waals surface area (Å²) in [6, 6.07) is 21.8. The topological polar surface area (TPSA) is 59.1 Å². The molecule has 39 heavy (non-hydrogen) atoms. The van der Waals surface area contributed by atoms with Gasteiger partial charge in [0.1, 0.15) is 5.75 Å². The van der Waals surface area contributed by atoms with Crippen LogP contribution in [0, 0.1) is 0 Å². The van der Waals surface area contributed by atoms with Gasteiger partial charge in [-0.2, -0.15) is 0 Å². The van der Waals surface area contributed by atoms with Gasteiger partial charge in [-0.3, -0.25) is 9.69 Å². The highest BCUT2D eigenvalue weighted by Crippen LogP contribution is 2.49. The second-order valence-corrected chi connectivity index (χ2v) is 11.8. The first-order chi connectivity index (χ1) is 18.6. The fraction of sp³-hybridized carbons (Fsp3) is 0.394. The molecule has 5 rings (SSSR count). The highest BCUT2D eigenvalue weighted by Gasteiger charge is 2.46. The smallest absolute Gasteiger partial charge is 0.337 e. The van der Waals surface area contributed by atoms with Gasteiger partial charge < -0.3 is 14.4 Å². The number of carbonyl (C=O) groups excluding carboxylic acids is 2. The SMILES string of the molecule is COC(=O)c1ccc(CN2CCC3(CC2)CN(C(=O)c2ccc(C(C)(C)C)cc2)c2ccc(OC)cc23)cc1. The number of esters is 1. The third-order valence-electron chi connectivity index (χ3n) is 8.36. The second-order valence-electron chi connectivity index (χ2n) is 11.8. The van der Waals surface area contributed by atoms with Crippen molar-refractivity contribution in [1.29, 1.82) is 0 Å². The minimum atomic E-state index is -0.318. The van der Waals surface area contributed by atoms with E-state index in [2.05, 4.69) is 43.9 Å². The molecule has 0 N–H and O–H groups in total. The van der Waals surface area contributed by atoms with E-state index in [0.717, 1.165) is 49.5 Å². The number of hydrogen-bond donors (Lipinski definition) is 0. The zero-order chi connectivity index (χ0) is 27.8. The number of methoxy groups -OCH3 is 2. The van der Waals surface area contributed by atoms with E-state index in [0.29, 0.717) is 12.1 Å². The van der Waals surface area contributed by atoms with Crippen LogP contribution in [0.3, 0.4) is 0 Å². The first-order valence-electron chi connectivity index (χ1n) is 13.6. The molecular weight excluding hydrogens is 488 g/mol. The third kappa shape index (κ3) is 5.30. The van der Waals surface area contributed by atoms with E-state index in [4.69, 9.17) is 9.47 Å². The van der Waals surface area contributed by atoms with Crippen molar-refractivity contribution in [1.82, 2.24) is 4.90 Å². The number of hydrogen-bond acceptors (Lipinski definition) is 5. The molecule has 2 heterocycles.